The van der Waals surface area contributed by atoms with E-state index >= 15 is 0 Å². The van der Waals surface area contributed by atoms with E-state index in [-0.39, 0.29) is 19.5 Å². The Morgan fingerprint density at radius 3 is 2.80 bits per heavy atom. The number of carbonyl (C=O) groups is 2. The van der Waals surface area contributed by atoms with Crippen LogP contribution in [0.2, 0.25) is 0 Å². The zero-order chi connectivity index (χ0) is 14.9. The van der Waals surface area contributed by atoms with E-state index in [9.17, 15) is 14.7 Å². The Bertz CT molecular complexity index is 528. The highest BCUT2D eigenvalue weighted by Gasteiger charge is 2.38. The van der Waals surface area contributed by atoms with E-state index in [2.05, 4.69) is 10.4 Å². The number of nitrogens with one attached hydrogen (secondary N) is 1. The fraction of sp³-hybridized carbons (Fsp3) is 0.583. The molecular weight excluding hydrogens is 264 g/mol. The quantitative estimate of drug-likeness (QED) is 0.690. The van der Waals surface area contributed by atoms with E-state index in [0.29, 0.717) is 0 Å². The standard InChI is InChI=1S/C12H18N4O4/c1-7-8(5-15(2)14-7)4-13-12(20)16-6-9(17)3-10(16)11(18)19/h5,9-10,17H,3-4,6H2,1-2H3,(H,13,20)(H,18,19)/t9-,10+/m1/s1. The molecule has 8 nitrogen and oxygen atoms in total. The Balaban J connectivity index is 1.97. The molecule has 2 rings (SSSR count). The Kier molecular flexibility index (Phi) is 3.93. The lowest BCUT2D eigenvalue weighted by atomic mass is 10.2. The molecule has 0 saturated carbocycles. The van der Waals surface area contributed by atoms with Crippen LogP contribution >= 0.6 is 0 Å². The highest BCUT2D eigenvalue weighted by Crippen LogP contribution is 2.18. The highest BCUT2D eigenvalue weighted by atomic mass is 16.4. The number of carboxylic acid groups (broad SMARTS) is 1. The third-order valence-corrected chi connectivity index (χ3v) is 3.37. The first-order valence-electron chi connectivity index (χ1n) is 6.33. The van der Waals surface area contributed by atoms with Crippen LogP contribution in [0.15, 0.2) is 6.20 Å². The molecule has 20 heavy (non-hydrogen) atoms. The zero-order valence-electron chi connectivity index (χ0n) is 11.4. The summed E-state index contributed by atoms with van der Waals surface area (Å²) >= 11 is 0. The largest absolute Gasteiger partial charge is 0.480 e. The summed E-state index contributed by atoms with van der Waals surface area (Å²) in [5.41, 5.74) is 1.68. The van der Waals surface area contributed by atoms with Gasteiger partial charge >= 0.3 is 12.0 Å². The van der Waals surface area contributed by atoms with Crippen molar-refractivity contribution in [2.75, 3.05) is 6.54 Å². The molecule has 2 atom stereocenters. The summed E-state index contributed by atoms with van der Waals surface area (Å²) in [7, 11) is 1.79. The first-order chi connectivity index (χ1) is 9.38. The third kappa shape index (κ3) is 2.90. The van der Waals surface area contributed by atoms with E-state index in [1.54, 1.807) is 17.9 Å². The zero-order valence-corrected chi connectivity index (χ0v) is 11.4. The number of likely N-dealkylation sites (tertiary alicyclic amines) is 1. The van der Waals surface area contributed by atoms with Gasteiger partial charge in [0.2, 0.25) is 0 Å². The molecule has 1 aromatic heterocycles. The van der Waals surface area contributed by atoms with E-state index in [0.717, 1.165) is 16.2 Å². The lowest BCUT2D eigenvalue weighted by Gasteiger charge is -2.21. The number of aryl methyl sites for hydroxylation is 2. The van der Waals surface area contributed by atoms with Crippen molar-refractivity contribution in [2.24, 2.45) is 7.05 Å². The van der Waals surface area contributed by atoms with Gasteiger partial charge in [0, 0.05) is 38.3 Å². The van der Waals surface area contributed by atoms with Crippen LogP contribution in [0.5, 0.6) is 0 Å². The molecule has 1 aliphatic rings. The summed E-state index contributed by atoms with van der Waals surface area (Å²) in [4.78, 5) is 24.2. The smallest absolute Gasteiger partial charge is 0.326 e. The number of aliphatic carboxylic acids is 1. The molecule has 2 amide bonds. The number of aliphatic hydroxyl groups is 1. The maximum absolute atomic E-state index is 12.0. The fourth-order valence-corrected chi connectivity index (χ4v) is 2.37. The number of urea groups is 1. The predicted octanol–water partition coefficient (Wildman–Crippen LogP) is -0.542. The van der Waals surface area contributed by atoms with Crippen LogP contribution in [0.25, 0.3) is 0 Å². The second-order valence-corrected chi connectivity index (χ2v) is 4.97. The topological polar surface area (TPSA) is 108 Å². The number of carboxylic acids is 1. The van der Waals surface area contributed by atoms with Crippen molar-refractivity contribution in [2.45, 2.75) is 32.0 Å². The Morgan fingerprint density at radius 2 is 2.25 bits per heavy atom. The molecule has 1 aliphatic heterocycles. The maximum Gasteiger partial charge on any atom is 0.326 e. The molecule has 0 unspecified atom stereocenters. The number of β-amino-alcohol motifs (C(OH)–C–C–N with tert-alkyl or cyclic N) is 1. The van der Waals surface area contributed by atoms with Crippen molar-refractivity contribution < 1.29 is 19.8 Å². The van der Waals surface area contributed by atoms with Crippen molar-refractivity contribution >= 4 is 12.0 Å². The van der Waals surface area contributed by atoms with Crippen LogP contribution in [-0.2, 0) is 18.4 Å². The van der Waals surface area contributed by atoms with Crippen LogP contribution in [0.1, 0.15) is 17.7 Å². The van der Waals surface area contributed by atoms with E-state index in [4.69, 9.17) is 5.11 Å². The summed E-state index contributed by atoms with van der Waals surface area (Å²) in [6, 6.07) is -1.46. The molecule has 1 fully saturated rings. The molecule has 110 valence electrons. The van der Waals surface area contributed by atoms with Crippen LogP contribution in [0.4, 0.5) is 4.79 Å². The van der Waals surface area contributed by atoms with Crippen molar-refractivity contribution in [3.63, 3.8) is 0 Å². The fourth-order valence-electron chi connectivity index (χ4n) is 2.37. The first-order valence-corrected chi connectivity index (χ1v) is 6.33. The number of hydrogen-bond donors (Lipinski definition) is 3. The van der Waals surface area contributed by atoms with Gasteiger partial charge in [0.25, 0.3) is 0 Å². The molecule has 8 heteroatoms. The van der Waals surface area contributed by atoms with Gasteiger partial charge in [0.05, 0.1) is 11.8 Å². The Hall–Kier alpha value is -2.09. The van der Waals surface area contributed by atoms with Crippen molar-refractivity contribution in [3.05, 3.63) is 17.5 Å². The molecule has 3 N–H and O–H groups in total. The Morgan fingerprint density at radius 1 is 1.55 bits per heavy atom. The lowest BCUT2D eigenvalue weighted by molar-refractivity contribution is -0.141. The molecule has 0 bridgehead atoms. The van der Waals surface area contributed by atoms with E-state index in [1.807, 2.05) is 6.92 Å². The van der Waals surface area contributed by atoms with Gasteiger partial charge < -0.3 is 20.4 Å². The molecule has 1 saturated heterocycles. The average molecular weight is 282 g/mol. The summed E-state index contributed by atoms with van der Waals surface area (Å²) in [6.45, 7) is 2.15. The molecule has 0 aromatic carbocycles. The van der Waals surface area contributed by atoms with Crippen LogP contribution in [0.3, 0.4) is 0 Å². The van der Waals surface area contributed by atoms with Crippen LogP contribution in [0, 0.1) is 6.92 Å². The second-order valence-electron chi connectivity index (χ2n) is 4.97. The lowest BCUT2D eigenvalue weighted by Crippen LogP contribution is -2.46. The summed E-state index contributed by atoms with van der Waals surface area (Å²) in [5, 5.41) is 25.4. The second kappa shape index (κ2) is 5.49. The Labute approximate surface area is 116 Å². The van der Waals surface area contributed by atoms with E-state index < -0.39 is 24.1 Å². The number of nitrogens with zero attached hydrogens (tertiary/aromatic N) is 3. The van der Waals surface area contributed by atoms with Gasteiger partial charge in [-0.2, -0.15) is 5.10 Å². The minimum Gasteiger partial charge on any atom is -0.480 e. The number of hydrogen-bond acceptors (Lipinski definition) is 4. The highest BCUT2D eigenvalue weighted by molar-refractivity contribution is 5.83. The van der Waals surface area contributed by atoms with Crippen molar-refractivity contribution in [3.8, 4) is 0 Å². The number of carbonyl (C=O) groups excluding carboxylic acids is 1. The van der Waals surface area contributed by atoms with Crippen molar-refractivity contribution in [1.82, 2.24) is 20.0 Å². The monoisotopic (exact) mass is 282 g/mol. The summed E-state index contributed by atoms with van der Waals surface area (Å²) < 4.78 is 1.65. The van der Waals surface area contributed by atoms with Crippen LogP contribution < -0.4 is 5.32 Å². The van der Waals surface area contributed by atoms with Crippen molar-refractivity contribution in [1.29, 1.82) is 0 Å². The average Bonchev–Trinajstić information content (AvgIpc) is 2.89. The number of aliphatic hydroxyl groups excluding tert-OH is 1. The van der Waals surface area contributed by atoms with Gasteiger partial charge in [-0.15, -0.1) is 0 Å². The maximum atomic E-state index is 12.0. The third-order valence-electron chi connectivity index (χ3n) is 3.37. The minimum absolute atomic E-state index is 0.0365. The van der Waals surface area contributed by atoms with Gasteiger partial charge in [0.1, 0.15) is 6.04 Å². The van der Waals surface area contributed by atoms with Gasteiger partial charge in [-0.25, -0.2) is 9.59 Å². The number of rotatable bonds is 3. The van der Waals surface area contributed by atoms with E-state index in [1.165, 1.54) is 0 Å². The van der Waals surface area contributed by atoms with Gasteiger partial charge in [-0.3, -0.25) is 4.68 Å². The molecule has 0 radical (unpaired) electrons. The summed E-state index contributed by atoms with van der Waals surface area (Å²) in [5.74, 6) is -1.10. The molecule has 0 aliphatic carbocycles. The normalized spacial score (nSPS) is 22.1. The van der Waals surface area contributed by atoms with Gasteiger partial charge in [-0.1, -0.05) is 0 Å². The first kappa shape index (κ1) is 14.3. The number of amides is 2. The number of aromatic nitrogens is 2. The molecule has 2 heterocycles. The van der Waals surface area contributed by atoms with Gasteiger partial charge in [0.15, 0.2) is 0 Å². The predicted molar refractivity (Wildman–Crippen MR) is 68.9 cm³/mol. The molecular formula is C12H18N4O4. The molecule has 0 spiro atoms. The summed E-state index contributed by atoms with van der Waals surface area (Å²) in [6.07, 6.45) is 1.07. The minimum atomic E-state index is -1.10. The van der Waals surface area contributed by atoms with Crippen LogP contribution in [-0.4, -0.2) is 55.6 Å². The van der Waals surface area contributed by atoms with Gasteiger partial charge in [-0.05, 0) is 6.92 Å². The molecule has 1 aromatic rings. The SMILES string of the molecule is Cc1nn(C)cc1CNC(=O)N1C[C@H](O)C[C@H]1C(=O)O.